The van der Waals surface area contributed by atoms with Crippen molar-refractivity contribution in [3.05, 3.63) is 29.8 Å². The zero-order valence-electron chi connectivity index (χ0n) is 15.7. The lowest BCUT2D eigenvalue weighted by atomic mass is 10.0. The maximum Gasteiger partial charge on any atom is 0.249 e. The minimum absolute atomic E-state index is 0.0407. The van der Waals surface area contributed by atoms with Gasteiger partial charge in [-0.2, -0.15) is 0 Å². The van der Waals surface area contributed by atoms with E-state index in [0.29, 0.717) is 25.1 Å². The van der Waals surface area contributed by atoms with Crippen molar-refractivity contribution >= 4 is 35.2 Å². The second-order valence-electron chi connectivity index (χ2n) is 7.79. The lowest BCUT2D eigenvalue weighted by Gasteiger charge is -2.34. The third-order valence-electron chi connectivity index (χ3n) is 5.85. The molecule has 1 aromatic carbocycles. The Hall–Kier alpha value is -2.02. The molecule has 0 radical (unpaired) electrons. The predicted octanol–water partition coefficient (Wildman–Crippen LogP) is 2.06. The van der Waals surface area contributed by atoms with Crippen LogP contribution in [0.4, 0.5) is 5.69 Å². The molecule has 0 aliphatic carbocycles. The highest BCUT2D eigenvalue weighted by atomic mass is 32.2. The molecular formula is C20H25N3O3S. The number of benzene rings is 1. The van der Waals surface area contributed by atoms with Gasteiger partial charge in [0, 0.05) is 24.4 Å². The number of rotatable bonds is 3. The van der Waals surface area contributed by atoms with Crippen molar-refractivity contribution in [1.29, 1.82) is 0 Å². The van der Waals surface area contributed by atoms with Crippen LogP contribution in [0, 0.1) is 6.92 Å². The van der Waals surface area contributed by atoms with Crippen molar-refractivity contribution in [3.63, 3.8) is 0 Å². The van der Waals surface area contributed by atoms with Crippen molar-refractivity contribution in [3.8, 4) is 0 Å². The Labute approximate surface area is 163 Å². The predicted molar refractivity (Wildman–Crippen MR) is 105 cm³/mol. The van der Waals surface area contributed by atoms with Crippen LogP contribution in [-0.2, 0) is 14.4 Å². The first-order valence-corrected chi connectivity index (χ1v) is 10.5. The molecule has 0 spiro atoms. The zero-order chi connectivity index (χ0) is 19.2. The molecular weight excluding hydrogens is 362 g/mol. The second-order valence-corrected chi connectivity index (χ2v) is 9.30. The van der Waals surface area contributed by atoms with Crippen LogP contribution in [0.5, 0.6) is 0 Å². The number of hydrogen-bond donors (Lipinski definition) is 1. The van der Waals surface area contributed by atoms with E-state index in [1.165, 1.54) is 0 Å². The monoisotopic (exact) mass is 387 g/mol. The largest absolute Gasteiger partial charge is 0.342 e. The summed E-state index contributed by atoms with van der Waals surface area (Å²) in [6.07, 6.45) is 2.75. The molecule has 3 saturated heterocycles. The maximum absolute atomic E-state index is 12.9. The number of carbonyl (C=O) groups is 3. The summed E-state index contributed by atoms with van der Waals surface area (Å²) in [6, 6.07) is 6.86. The summed E-state index contributed by atoms with van der Waals surface area (Å²) in [4.78, 5) is 41.3. The van der Waals surface area contributed by atoms with Gasteiger partial charge in [0.05, 0.1) is 4.87 Å². The molecule has 1 aromatic rings. The Balaban J connectivity index is 1.46. The normalized spacial score (nSPS) is 30.6. The van der Waals surface area contributed by atoms with E-state index in [4.69, 9.17) is 0 Å². The number of carbonyl (C=O) groups excluding carboxylic acids is 3. The summed E-state index contributed by atoms with van der Waals surface area (Å²) in [6.45, 7) is 4.70. The fourth-order valence-electron chi connectivity index (χ4n) is 4.27. The molecule has 3 atom stereocenters. The van der Waals surface area contributed by atoms with E-state index in [1.807, 2.05) is 38.1 Å². The molecule has 27 heavy (non-hydrogen) atoms. The van der Waals surface area contributed by atoms with E-state index in [2.05, 4.69) is 5.32 Å². The molecule has 4 rings (SSSR count). The number of aryl methyl sites for hydroxylation is 1. The van der Waals surface area contributed by atoms with Crippen LogP contribution in [-0.4, -0.2) is 51.9 Å². The minimum Gasteiger partial charge on any atom is -0.342 e. The molecule has 144 valence electrons. The number of nitrogens with zero attached hydrogens (tertiary/aromatic N) is 2. The summed E-state index contributed by atoms with van der Waals surface area (Å²) >= 11 is 1.67. The third kappa shape index (κ3) is 3.22. The number of fused-ring (bicyclic) bond motifs is 1. The number of nitrogens with one attached hydrogen (secondary N) is 1. The van der Waals surface area contributed by atoms with Crippen LogP contribution in [0.1, 0.15) is 38.2 Å². The van der Waals surface area contributed by atoms with Gasteiger partial charge in [-0.15, -0.1) is 11.8 Å². The van der Waals surface area contributed by atoms with E-state index >= 15 is 0 Å². The van der Waals surface area contributed by atoms with Gasteiger partial charge in [-0.1, -0.05) is 17.7 Å². The van der Waals surface area contributed by atoms with Crippen LogP contribution in [0.2, 0.25) is 0 Å². The highest BCUT2D eigenvalue weighted by Gasteiger charge is 2.53. The molecule has 3 aliphatic rings. The number of anilines is 1. The van der Waals surface area contributed by atoms with Gasteiger partial charge < -0.3 is 15.1 Å². The molecule has 0 aromatic heterocycles. The summed E-state index contributed by atoms with van der Waals surface area (Å²) in [5.41, 5.74) is 2.01. The Morgan fingerprint density at radius 3 is 2.74 bits per heavy atom. The first kappa shape index (κ1) is 18.3. The van der Waals surface area contributed by atoms with Crippen molar-refractivity contribution < 1.29 is 14.4 Å². The molecule has 3 fully saturated rings. The Morgan fingerprint density at radius 2 is 2.00 bits per heavy atom. The standard InChI is InChI=1S/C20H25N3O3S/c1-13-5-7-14(8-6-13)22-11-3-4-15(19(22)26)21-18(25)16-12-27-20(2)10-9-17(24)23(16)20/h5-8,15-16H,3-4,9-12H2,1-2H3,(H,21,25)/t15-,16-,20-/m0/s1. The number of thioether (sulfide) groups is 1. The quantitative estimate of drug-likeness (QED) is 0.862. The molecule has 0 unspecified atom stereocenters. The van der Waals surface area contributed by atoms with Gasteiger partial charge in [-0.05, 0) is 45.2 Å². The van der Waals surface area contributed by atoms with Gasteiger partial charge in [0.15, 0.2) is 0 Å². The van der Waals surface area contributed by atoms with Crippen LogP contribution < -0.4 is 10.2 Å². The molecule has 3 amide bonds. The van der Waals surface area contributed by atoms with Gasteiger partial charge in [0.2, 0.25) is 17.7 Å². The van der Waals surface area contributed by atoms with Crippen LogP contribution in [0.15, 0.2) is 24.3 Å². The van der Waals surface area contributed by atoms with Gasteiger partial charge in [-0.25, -0.2) is 0 Å². The first-order valence-electron chi connectivity index (χ1n) is 9.54. The first-order chi connectivity index (χ1) is 12.9. The zero-order valence-corrected chi connectivity index (χ0v) is 16.6. The van der Waals surface area contributed by atoms with Gasteiger partial charge >= 0.3 is 0 Å². The fraction of sp³-hybridized carbons (Fsp3) is 0.550. The average molecular weight is 388 g/mol. The van der Waals surface area contributed by atoms with Gasteiger partial charge in [0.1, 0.15) is 12.1 Å². The summed E-state index contributed by atoms with van der Waals surface area (Å²) in [7, 11) is 0. The number of hydrogen-bond acceptors (Lipinski definition) is 4. The van der Waals surface area contributed by atoms with Gasteiger partial charge in [0.25, 0.3) is 0 Å². The summed E-state index contributed by atoms with van der Waals surface area (Å²) in [5, 5.41) is 2.93. The highest BCUT2D eigenvalue weighted by molar-refractivity contribution is 8.01. The Bertz CT molecular complexity index is 781. The molecule has 0 saturated carbocycles. The SMILES string of the molecule is Cc1ccc(N2CCC[C@H](NC(=O)[C@@H]3CS[C@@]4(C)CCC(=O)N34)C2=O)cc1. The summed E-state index contributed by atoms with van der Waals surface area (Å²) < 4.78 is 0. The lowest BCUT2D eigenvalue weighted by molar-refractivity contribution is -0.139. The molecule has 3 aliphatic heterocycles. The molecule has 6 nitrogen and oxygen atoms in total. The smallest absolute Gasteiger partial charge is 0.249 e. The minimum atomic E-state index is -0.526. The van der Waals surface area contributed by atoms with E-state index in [1.54, 1.807) is 21.6 Å². The van der Waals surface area contributed by atoms with Crippen LogP contribution >= 0.6 is 11.8 Å². The second kappa shape index (κ2) is 6.86. The van der Waals surface area contributed by atoms with Crippen molar-refractivity contribution in [2.45, 2.75) is 56.5 Å². The van der Waals surface area contributed by atoms with E-state index in [0.717, 1.165) is 24.1 Å². The average Bonchev–Trinajstić information content (AvgIpc) is 3.14. The van der Waals surface area contributed by atoms with E-state index in [-0.39, 0.29) is 22.6 Å². The Kier molecular flexibility index (Phi) is 4.66. The van der Waals surface area contributed by atoms with Crippen molar-refractivity contribution in [2.24, 2.45) is 0 Å². The molecule has 7 heteroatoms. The van der Waals surface area contributed by atoms with Crippen molar-refractivity contribution in [2.75, 3.05) is 17.2 Å². The highest BCUT2D eigenvalue weighted by Crippen LogP contribution is 2.47. The maximum atomic E-state index is 12.9. The van der Waals surface area contributed by atoms with Crippen LogP contribution in [0.3, 0.4) is 0 Å². The lowest BCUT2D eigenvalue weighted by Crippen LogP contribution is -2.57. The van der Waals surface area contributed by atoms with Crippen LogP contribution in [0.25, 0.3) is 0 Å². The molecule has 1 N–H and O–H groups in total. The Morgan fingerprint density at radius 1 is 1.26 bits per heavy atom. The molecule has 3 heterocycles. The molecule has 0 bridgehead atoms. The topological polar surface area (TPSA) is 69.7 Å². The fourth-order valence-corrected chi connectivity index (χ4v) is 5.70. The van der Waals surface area contributed by atoms with Gasteiger partial charge in [-0.3, -0.25) is 14.4 Å². The number of amides is 3. The third-order valence-corrected chi connectivity index (χ3v) is 7.35. The number of piperidine rings is 1. The van der Waals surface area contributed by atoms with Crippen molar-refractivity contribution in [1.82, 2.24) is 10.2 Å². The summed E-state index contributed by atoms with van der Waals surface area (Å²) in [5.74, 6) is 0.362. The van der Waals surface area contributed by atoms with E-state index < -0.39 is 12.1 Å². The van der Waals surface area contributed by atoms with E-state index in [9.17, 15) is 14.4 Å².